The van der Waals surface area contributed by atoms with E-state index in [4.69, 9.17) is 4.74 Å². The standard InChI is InChI=1S/C24H35O2P/c1-3-4-11-20-18-21(26-19(2)25)16-17-24(20)27(22-12-7-5-8-13-22)23-14-9-6-10-15-23/h4,11,16-18,22-23H,3,5-10,12-15H2,1-2H3. The largest absolute Gasteiger partial charge is 0.427 e. The fourth-order valence-corrected chi connectivity index (χ4v) is 8.70. The predicted octanol–water partition coefficient (Wildman–Crippen LogP) is 6.81. The minimum atomic E-state index is -0.241. The minimum absolute atomic E-state index is 0.154. The zero-order valence-electron chi connectivity index (χ0n) is 17.1. The van der Waals surface area contributed by atoms with E-state index in [9.17, 15) is 4.79 Å². The van der Waals surface area contributed by atoms with Crippen LogP contribution in [0.25, 0.3) is 6.08 Å². The van der Waals surface area contributed by atoms with Crippen molar-refractivity contribution in [1.29, 1.82) is 0 Å². The van der Waals surface area contributed by atoms with Crippen molar-refractivity contribution >= 4 is 25.3 Å². The molecule has 0 atom stereocenters. The van der Waals surface area contributed by atoms with E-state index in [1.54, 1.807) is 5.30 Å². The molecule has 0 spiro atoms. The van der Waals surface area contributed by atoms with Crippen LogP contribution >= 0.6 is 7.92 Å². The molecule has 0 radical (unpaired) electrons. The van der Waals surface area contributed by atoms with Crippen molar-refractivity contribution in [3.8, 4) is 5.75 Å². The normalized spacial score (nSPS) is 19.7. The van der Waals surface area contributed by atoms with Crippen LogP contribution < -0.4 is 10.0 Å². The van der Waals surface area contributed by atoms with Crippen molar-refractivity contribution < 1.29 is 9.53 Å². The molecule has 1 aromatic carbocycles. The second-order valence-corrected chi connectivity index (χ2v) is 10.9. The zero-order valence-corrected chi connectivity index (χ0v) is 18.0. The molecule has 0 saturated heterocycles. The van der Waals surface area contributed by atoms with Gasteiger partial charge in [0.05, 0.1) is 0 Å². The zero-order chi connectivity index (χ0) is 19.1. The Morgan fingerprint density at radius 3 is 2.15 bits per heavy atom. The van der Waals surface area contributed by atoms with Crippen LogP contribution in [0.1, 0.15) is 90.0 Å². The van der Waals surface area contributed by atoms with Gasteiger partial charge in [-0.2, -0.15) is 0 Å². The number of carbonyl (C=O) groups is 1. The Hall–Kier alpha value is -1.14. The molecule has 0 bridgehead atoms. The van der Waals surface area contributed by atoms with Crippen LogP contribution in [0.4, 0.5) is 0 Å². The van der Waals surface area contributed by atoms with Crippen LogP contribution in [0.5, 0.6) is 5.75 Å². The van der Waals surface area contributed by atoms with Gasteiger partial charge >= 0.3 is 5.97 Å². The predicted molar refractivity (Wildman–Crippen MR) is 117 cm³/mol. The quantitative estimate of drug-likeness (QED) is 0.305. The highest BCUT2D eigenvalue weighted by Crippen LogP contribution is 2.55. The van der Waals surface area contributed by atoms with E-state index >= 15 is 0 Å². The van der Waals surface area contributed by atoms with E-state index in [-0.39, 0.29) is 13.9 Å². The molecule has 2 aliphatic rings. The summed E-state index contributed by atoms with van der Waals surface area (Å²) >= 11 is 0. The van der Waals surface area contributed by atoms with Crippen LogP contribution in [0.2, 0.25) is 0 Å². The number of hydrogen-bond donors (Lipinski definition) is 0. The van der Waals surface area contributed by atoms with Crippen molar-refractivity contribution in [2.45, 2.75) is 95.8 Å². The number of carbonyl (C=O) groups excluding carboxylic acids is 1. The maximum atomic E-state index is 11.4. The molecule has 0 N–H and O–H groups in total. The highest BCUT2D eigenvalue weighted by molar-refractivity contribution is 7.67. The number of allylic oxidation sites excluding steroid dienone is 1. The van der Waals surface area contributed by atoms with Crippen molar-refractivity contribution in [2.75, 3.05) is 0 Å². The summed E-state index contributed by atoms with van der Waals surface area (Å²) in [6.45, 7) is 3.66. The molecule has 2 nitrogen and oxygen atoms in total. The Labute approximate surface area is 166 Å². The number of rotatable bonds is 6. The number of hydrogen-bond acceptors (Lipinski definition) is 2. The molecule has 0 aliphatic heterocycles. The van der Waals surface area contributed by atoms with Gasteiger partial charge in [0.2, 0.25) is 0 Å². The van der Waals surface area contributed by atoms with Gasteiger partial charge in [0.1, 0.15) is 5.75 Å². The van der Waals surface area contributed by atoms with Gasteiger partial charge in [-0.15, -0.1) is 0 Å². The lowest BCUT2D eigenvalue weighted by atomic mass is 9.99. The van der Waals surface area contributed by atoms with Crippen molar-refractivity contribution in [2.24, 2.45) is 0 Å². The second kappa shape index (κ2) is 10.4. The van der Waals surface area contributed by atoms with E-state index < -0.39 is 0 Å². The molecule has 3 rings (SSSR count). The van der Waals surface area contributed by atoms with E-state index in [1.165, 1.54) is 76.7 Å². The molecule has 1 aromatic rings. The van der Waals surface area contributed by atoms with Crippen LogP contribution in [0.3, 0.4) is 0 Å². The summed E-state index contributed by atoms with van der Waals surface area (Å²) in [6, 6.07) is 6.42. The van der Waals surface area contributed by atoms with E-state index in [0.717, 1.165) is 17.7 Å². The Morgan fingerprint density at radius 1 is 1.04 bits per heavy atom. The van der Waals surface area contributed by atoms with Gasteiger partial charge in [-0.25, -0.2) is 0 Å². The maximum Gasteiger partial charge on any atom is 0.308 e. The number of ether oxygens (including phenoxy) is 1. The average Bonchev–Trinajstić information content (AvgIpc) is 2.69. The number of esters is 1. The molecule has 0 aromatic heterocycles. The van der Waals surface area contributed by atoms with Crippen LogP contribution in [0, 0.1) is 0 Å². The molecule has 3 heteroatoms. The summed E-state index contributed by atoms with van der Waals surface area (Å²) in [5, 5.41) is 1.56. The smallest absolute Gasteiger partial charge is 0.308 e. The van der Waals surface area contributed by atoms with Gasteiger partial charge < -0.3 is 4.74 Å². The fourth-order valence-electron chi connectivity index (χ4n) is 4.79. The third kappa shape index (κ3) is 5.67. The van der Waals surface area contributed by atoms with Crippen LogP contribution in [0.15, 0.2) is 24.3 Å². The third-order valence-electron chi connectivity index (χ3n) is 6.01. The van der Waals surface area contributed by atoms with Crippen molar-refractivity contribution in [1.82, 2.24) is 0 Å². The average molecular weight is 387 g/mol. The van der Waals surface area contributed by atoms with Crippen molar-refractivity contribution in [3.05, 3.63) is 29.8 Å². The van der Waals surface area contributed by atoms with Gasteiger partial charge in [0, 0.05) is 6.92 Å². The summed E-state index contributed by atoms with van der Waals surface area (Å²) in [4.78, 5) is 11.4. The highest BCUT2D eigenvalue weighted by atomic mass is 31.1. The van der Waals surface area contributed by atoms with Gasteiger partial charge in [0.15, 0.2) is 0 Å². The topological polar surface area (TPSA) is 26.3 Å². The molecule has 2 aliphatic carbocycles. The molecule has 27 heavy (non-hydrogen) atoms. The van der Waals surface area contributed by atoms with Gasteiger partial charge in [0.25, 0.3) is 0 Å². The lowest BCUT2D eigenvalue weighted by molar-refractivity contribution is -0.131. The summed E-state index contributed by atoms with van der Waals surface area (Å²) < 4.78 is 5.39. The molecule has 148 valence electrons. The number of benzene rings is 1. The van der Waals surface area contributed by atoms with Gasteiger partial charge in [-0.3, -0.25) is 4.79 Å². The molecule has 0 heterocycles. The summed E-state index contributed by atoms with van der Waals surface area (Å²) in [5.74, 6) is 0.444. The molecular weight excluding hydrogens is 351 g/mol. The first-order valence-electron chi connectivity index (χ1n) is 11.0. The SMILES string of the molecule is CCC=Cc1cc(OC(C)=O)ccc1P(C1CCCCC1)C1CCCCC1. The van der Waals surface area contributed by atoms with E-state index in [1.807, 2.05) is 6.07 Å². The molecule has 0 unspecified atom stereocenters. The summed E-state index contributed by atoms with van der Waals surface area (Å²) in [7, 11) is -0.154. The highest BCUT2D eigenvalue weighted by Gasteiger charge is 2.33. The van der Waals surface area contributed by atoms with Gasteiger partial charge in [-0.1, -0.05) is 71.6 Å². The van der Waals surface area contributed by atoms with Gasteiger partial charge in [-0.05, 0) is 66.4 Å². The second-order valence-electron chi connectivity index (χ2n) is 8.12. The summed E-state index contributed by atoms with van der Waals surface area (Å²) in [5.41, 5.74) is 3.05. The fraction of sp³-hybridized carbons (Fsp3) is 0.625. The molecular formula is C24H35O2P. The Kier molecular flexibility index (Phi) is 7.94. The first-order valence-corrected chi connectivity index (χ1v) is 12.4. The molecule has 2 fully saturated rings. The maximum absolute atomic E-state index is 11.4. The Bertz CT molecular complexity index is 622. The van der Waals surface area contributed by atoms with Crippen LogP contribution in [-0.4, -0.2) is 17.3 Å². The Balaban J connectivity index is 1.97. The monoisotopic (exact) mass is 386 g/mol. The van der Waals surface area contributed by atoms with E-state index in [0.29, 0.717) is 5.75 Å². The summed E-state index contributed by atoms with van der Waals surface area (Å²) in [6.07, 6.45) is 19.6. The van der Waals surface area contributed by atoms with Crippen molar-refractivity contribution in [3.63, 3.8) is 0 Å². The first kappa shape index (κ1) is 20.6. The van der Waals surface area contributed by atoms with Crippen LogP contribution in [-0.2, 0) is 4.79 Å². The lowest BCUT2D eigenvalue weighted by Gasteiger charge is -2.39. The lowest BCUT2D eigenvalue weighted by Crippen LogP contribution is -2.27. The molecule has 2 saturated carbocycles. The minimum Gasteiger partial charge on any atom is -0.427 e. The first-order chi connectivity index (χ1) is 13.2. The molecule has 0 amide bonds. The van der Waals surface area contributed by atoms with E-state index in [2.05, 4.69) is 31.2 Å². The third-order valence-corrected chi connectivity index (χ3v) is 9.58. The Morgan fingerprint density at radius 2 is 1.63 bits per heavy atom.